The molecule has 2 rings (SSSR count). The lowest BCUT2D eigenvalue weighted by molar-refractivity contribution is 0.474. The van der Waals surface area contributed by atoms with Crippen LogP contribution >= 0.6 is 15.9 Å². The van der Waals surface area contributed by atoms with Crippen LogP contribution in [0.15, 0.2) is 56.9 Å². The highest BCUT2D eigenvalue weighted by Gasteiger charge is 2.11. The number of phenols is 1. The van der Waals surface area contributed by atoms with Crippen LogP contribution in [0.2, 0.25) is 0 Å². The predicted octanol–water partition coefficient (Wildman–Crippen LogP) is 2.78. The van der Waals surface area contributed by atoms with Gasteiger partial charge in [-0.25, -0.2) is 4.83 Å². The van der Waals surface area contributed by atoms with Crippen molar-refractivity contribution < 1.29 is 13.5 Å². The van der Waals surface area contributed by atoms with Gasteiger partial charge in [0.2, 0.25) is 0 Å². The number of aryl methyl sites for hydroxylation is 1. The standard InChI is InChI=1S/C14H13BrN2O3S/c1-10-2-5-13(6-3-10)21(19,20)17-16-9-11-8-12(15)4-7-14(11)18/h2-9,17-18H,1H3/b16-9-. The molecular formula is C14H13BrN2O3S. The van der Waals surface area contributed by atoms with E-state index in [1.54, 1.807) is 24.3 Å². The Morgan fingerprint density at radius 2 is 1.86 bits per heavy atom. The van der Waals surface area contributed by atoms with E-state index in [2.05, 4.69) is 25.9 Å². The maximum atomic E-state index is 12.0. The van der Waals surface area contributed by atoms with Gasteiger partial charge >= 0.3 is 0 Å². The molecule has 0 aliphatic rings. The Morgan fingerprint density at radius 3 is 2.52 bits per heavy atom. The van der Waals surface area contributed by atoms with E-state index in [9.17, 15) is 13.5 Å². The Labute approximate surface area is 131 Å². The zero-order valence-electron chi connectivity index (χ0n) is 11.1. The number of aromatic hydroxyl groups is 1. The van der Waals surface area contributed by atoms with Crippen LogP contribution in [-0.2, 0) is 10.0 Å². The molecule has 2 N–H and O–H groups in total. The molecule has 0 unspecified atom stereocenters. The highest BCUT2D eigenvalue weighted by Crippen LogP contribution is 2.20. The van der Waals surface area contributed by atoms with Gasteiger partial charge < -0.3 is 5.11 Å². The second-order valence-corrected chi connectivity index (χ2v) is 6.95. The third kappa shape index (κ3) is 4.05. The van der Waals surface area contributed by atoms with Crippen molar-refractivity contribution >= 4 is 32.2 Å². The summed E-state index contributed by atoms with van der Waals surface area (Å²) < 4.78 is 24.7. The Bertz CT molecular complexity index is 771. The molecule has 0 aliphatic heterocycles. The first-order valence-electron chi connectivity index (χ1n) is 5.98. The van der Waals surface area contributed by atoms with E-state index >= 15 is 0 Å². The highest BCUT2D eigenvalue weighted by molar-refractivity contribution is 9.10. The maximum absolute atomic E-state index is 12.0. The van der Waals surface area contributed by atoms with Crippen molar-refractivity contribution in [2.24, 2.45) is 5.10 Å². The predicted molar refractivity (Wildman–Crippen MR) is 84.9 cm³/mol. The molecule has 2 aromatic rings. The fraction of sp³-hybridized carbons (Fsp3) is 0.0714. The average molecular weight is 369 g/mol. The number of benzene rings is 2. The number of hydrogen-bond donors (Lipinski definition) is 2. The lowest BCUT2D eigenvalue weighted by Gasteiger charge is -2.04. The van der Waals surface area contributed by atoms with Gasteiger partial charge in [-0.15, -0.1) is 0 Å². The van der Waals surface area contributed by atoms with Crippen molar-refractivity contribution in [3.05, 3.63) is 58.1 Å². The molecule has 0 bridgehead atoms. The Morgan fingerprint density at radius 1 is 1.19 bits per heavy atom. The van der Waals surface area contributed by atoms with Crippen molar-refractivity contribution in [1.29, 1.82) is 0 Å². The normalized spacial score (nSPS) is 11.7. The molecular weight excluding hydrogens is 356 g/mol. The van der Waals surface area contributed by atoms with E-state index in [-0.39, 0.29) is 10.6 Å². The first-order chi connectivity index (χ1) is 9.88. The second kappa shape index (κ2) is 6.28. The van der Waals surface area contributed by atoms with Crippen LogP contribution < -0.4 is 4.83 Å². The summed E-state index contributed by atoms with van der Waals surface area (Å²) in [5, 5.41) is 13.3. The van der Waals surface area contributed by atoms with E-state index in [0.717, 1.165) is 10.0 Å². The monoisotopic (exact) mass is 368 g/mol. The Kier molecular flexibility index (Phi) is 4.64. The summed E-state index contributed by atoms with van der Waals surface area (Å²) in [5.41, 5.74) is 1.37. The number of hydrogen-bond acceptors (Lipinski definition) is 4. The van der Waals surface area contributed by atoms with Crippen LogP contribution in [0.25, 0.3) is 0 Å². The van der Waals surface area contributed by atoms with E-state index in [1.165, 1.54) is 24.4 Å². The van der Waals surface area contributed by atoms with Crippen molar-refractivity contribution in [2.45, 2.75) is 11.8 Å². The van der Waals surface area contributed by atoms with Crippen LogP contribution in [0, 0.1) is 6.92 Å². The molecule has 0 heterocycles. The molecule has 110 valence electrons. The Hall–Kier alpha value is -1.86. The quantitative estimate of drug-likeness (QED) is 0.643. The van der Waals surface area contributed by atoms with Crippen LogP contribution in [0.4, 0.5) is 0 Å². The zero-order valence-corrected chi connectivity index (χ0v) is 13.5. The lowest BCUT2D eigenvalue weighted by atomic mass is 10.2. The third-order valence-electron chi connectivity index (χ3n) is 2.70. The molecule has 7 heteroatoms. The summed E-state index contributed by atoms with van der Waals surface area (Å²) in [5.74, 6) is 0.0106. The van der Waals surface area contributed by atoms with E-state index in [1.807, 2.05) is 6.92 Å². The first kappa shape index (κ1) is 15.5. The molecule has 0 fully saturated rings. The van der Waals surface area contributed by atoms with E-state index in [0.29, 0.717) is 5.56 Å². The van der Waals surface area contributed by atoms with Gasteiger partial charge in [0.05, 0.1) is 11.1 Å². The summed E-state index contributed by atoms with van der Waals surface area (Å²) in [6.07, 6.45) is 1.24. The number of nitrogens with zero attached hydrogens (tertiary/aromatic N) is 1. The molecule has 0 saturated heterocycles. The first-order valence-corrected chi connectivity index (χ1v) is 8.26. The second-order valence-electron chi connectivity index (χ2n) is 4.37. The number of rotatable bonds is 4. The number of halogens is 1. The fourth-order valence-corrected chi connectivity index (χ4v) is 2.73. The van der Waals surface area contributed by atoms with Crippen molar-refractivity contribution in [3.63, 3.8) is 0 Å². The smallest absolute Gasteiger partial charge is 0.276 e. The van der Waals surface area contributed by atoms with Gasteiger partial charge in [0.15, 0.2) is 0 Å². The molecule has 0 aromatic heterocycles. The van der Waals surface area contributed by atoms with Crippen LogP contribution in [0.3, 0.4) is 0 Å². The summed E-state index contributed by atoms with van der Waals surface area (Å²) in [7, 11) is -3.71. The minimum atomic E-state index is -3.71. The van der Waals surface area contributed by atoms with E-state index < -0.39 is 10.0 Å². The van der Waals surface area contributed by atoms with Crippen molar-refractivity contribution in [3.8, 4) is 5.75 Å². The van der Waals surface area contributed by atoms with Gasteiger partial charge in [0.1, 0.15) is 5.75 Å². The van der Waals surface area contributed by atoms with Gasteiger partial charge in [0, 0.05) is 10.0 Å². The Balaban J connectivity index is 2.16. The fourth-order valence-electron chi connectivity index (χ4n) is 1.56. The highest BCUT2D eigenvalue weighted by atomic mass is 79.9. The SMILES string of the molecule is Cc1ccc(S(=O)(=O)N/N=C\c2cc(Br)ccc2O)cc1. The molecule has 0 spiro atoms. The molecule has 0 saturated carbocycles. The number of phenolic OH excluding ortho intramolecular Hbond substituents is 1. The molecule has 0 atom stereocenters. The maximum Gasteiger partial charge on any atom is 0.276 e. The number of sulfonamides is 1. The van der Waals surface area contributed by atoms with Crippen LogP contribution in [0.1, 0.15) is 11.1 Å². The largest absolute Gasteiger partial charge is 0.507 e. The minimum absolute atomic E-state index is 0.0106. The summed E-state index contributed by atoms with van der Waals surface area (Å²) in [6.45, 7) is 1.87. The van der Waals surface area contributed by atoms with E-state index in [4.69, 9.17) is 0 Å². The van der Waals surface area contributed by atoms with Gasteiger partial charge in [-0.3, -0.25) is 0 Å². The summed E-state index contributed by atoms with van der Waals surface area (Å²) in [4.78, 5) is 2.23. The van der Waals surface area contributed by atoms with Crippen molar-refractivity contribution in [2.75, 3.05) is 0 Å². The number of hydrazone groups is 1. The zero-order chi connectivity index (χ0) is 15.5. The van der Waals surface area contributed by atoms with Gasteiger partial charge in [-0.2, -0.15) is 13.5 Å². The van der Waals surface area contributed by atoms with Crippen LogP contribution in [0.5, 0.6) is 5.75 Å². The molecule has 5 nitrogen and oxygen atoms in total. The molecule has 0 aliphatic carbocycles. The van der Waals surface area contributed by atoms with Crippen molar-refractivity contribution in [1.82, 2.24) is 4.83 Å². The third-order valence-corrected chi connectivity index (χ3v) is 4.43. The summed E-state index contributed by atoms with van der Waals surface area (Å²) in [6, 6.07) is 11.2. The van der Waals surface area contributed by atoms with Gasteiger partial charge in [-0.05, 0) is 37.3 Å². The minimum Gasteiger partial charge on any atom is -0.507 e. The molecule has 21 heavy (non-hydrogen) atoms. The molecule has 2 aromatic carbocycles. The van der Waals surface area contributed by atoms with Crippen LogP contribution in [-0.4, -0.2) is 19.7 Å². The lowest BCUT2D eigenvalue weighted by Crippen LogP contribution is -2.18. The summed E-state index contributed by atoms with van der Waals surface area (Å²) >= 11 is 3.26. The molecule has 0 amide bonds. The van der Waals surface area contributed by atoms with Gasteiger partial charge in [0.25, 0.3) is 10.0 Å². The average Bonchev–Trinajstić information content (AvgIpc) is 2.43. The number of nitrogens with one attached hydrogen (secondary N) is 1. The van der Waals surface area contributed by atoms with Gasteiger partial charge in [-0.1, -0.05) is 33.6 Å². The molecule has 0 radical (unpaired) electrons. The topological polar surface area (TPSA) is 78.8 Å².